The summed E-state index contributed by atoms with van der Waals surface area (Å²) in [4.78, 5) is 10.2. The molecule has 2 aromatic rings. The molecule has 0 fully saturated rings. The van der Waals surface area contributed by atoms with Crippen molar-refractivity contribution in [2.75, 3.05) is 26.4 Å². The van der Waals surface area contributed by atoms with E-state index in [4.69, 9.17) is 19.7 Å². The van der Waals surface area contributed by atoms with Gasteiger partial charge in [0.25, 0.3) is 5.69 Å². The number of non-ortho nitro benzene ring substituents is 1. The number of rotatable bonds is 9. The molecule has 0 saturated carbocycles. The molecule has 0 bridgehead atoms. The van der Waals surface area contributed by atoms with Crippen LogP contribution in [-0.4, -0.2) is 41.6 Å². The first-order chi connectivity index (χ1) is 12.2. The molecule has 132 valence electrons. The van der Waals surface area contributed by atoms with E-state index in [0.717, 1.165) is 11.1 Å². The number of nitrogens with zero attached hydrogens (tertiary/aromatic N) is 1. The molecular weight excluding hydrogens is 326 g/mol. The fourth-order valence-corrected chi connectivity index (χ4v) is 2.13. The van der Waals surface area contributed by atoms with Gasteiger partial charge in [-0.1, -0.05) is 24.3 Å². The summed E-state index contributed by atoms with van der Waals surface area (Å²) in [6, 6.07) is 11.5. The molecule has 2 N–H and O–H groups in total. The Morgan fingerprint density at radius 1 is 0.960 bits per heavy atom. The van der Waals surface area contributed by atoms with Gasteiger partial charge in [-0.25, -0.2) is 0 Å². The minimum Gasteiger partial charge on any atom is -0.487 e. The lowest BCUT2D eigenvalue weighted by molar-refractivity contribution is -0.384. The van der Waals surface area contributed by atoms with Crippen LogP contribution < -0.4 is 9.47 Å². The highest BCUT2D eigenvalue weighted by atomic mass is 16.6. The van der Waals surface area contributed by atoms with Gasteiger partial charge in [-0.2, -0.15) is 0 Å². The zero-order valence-electron chi connectivity index (χ0n) is 13.5. The van der Waals surface area contributed by atoms with Crippen molar-refractivity contribution in [1.82, 2.24) is 0 Å². The predicted octanol–water partition coefficient (Wildman–Crippen LogP) is 2.51. The summed E-state index contributed by atoms with van der Waals surface area (Å²) in [5, 5.41) is 28.6. The first kappa shape index (κ1) is 18.4. The van der Waals surface area contributed by atoms with E-state index in [1.807, 2.05) is 6.07 Å². The Kier molecular flexibility index (Phi) is 6.94. The van der Waals surface area contributed by atoms with Crippen molar-refractivity contribution in [3.63, 3.8) is 0 Å². The highest BCUT2D eigenvalue weighted by molar-refractivity contribution is 5.74. The Balaban J connectivity index is 2.25. The topological polar surface area (TPSA) is 102 Å². The average molecular weight is 345 g/mol. The zero-order chi connectivity index (χ0) is 18.1. The van der Waals surface area contributed by atoms with Crippen LogP contribution in [0.15, 0.2) is 42.5 Å². The maximum absolute atomic E-state index is 10.7. The maximum atomic E-state index is 10.7. The number of nitro groups is 1. The molecule has 0 aliphatic heterocycles. The fraction of sp³-hybridized carbons (Fsp3) is 0.222. The second kappa shape index (κ2) is 9.41. The molecule has 7 heteroatoms. The van der Waals surface area contributed by atoms with E-state index in [9.17, 15) is 10.1 Å². The predicted molar refractivity (Wildman–Crippen MR) is 93.6 cm³/mol. The summed E-state index contributed by atoms with van der Waals surface area (Å²) in [6.07, 6.45) is 3.58. The van der Waals surface area contributed by atoms with Crippen LogP contribution in [0.1, 0.15) is 11.1 Å². The molecule has 0 saturated heterocycles. The molecule has 0 aromatic heterocycles. The van der Waals surface area contributed by atoms with Gasteiger partial charge in [-0.15, -0.1) is 0 Å². The van der Waals surface area contributed by atoms with Crippen molar-refractivity contribution in [2.45, 2.75) is 0 Å². The van der Waals surface area contributed by atoms with Crippen LogP contribution in [0, 0.1) is 10.1 Å². The second-order valence-electron chi connectivity index (χ2n) is 5.00. The highest BCUT2D eigenvalue weighted by Gasteiger charge is 2.09. The Morgan fingerprint density at radius 3 is 2.28 bits per heavy atom. The van der Waals surface area contributed by atoms with E-state index in [-0.39, 0.29) is 32.1 Å². The molecule has 2 rings (SSSR count). The maximum Gasteiger partial charge on any atom is 0.269 e. The number of aliphatic hydroxyl groups excluding tert-OH is 2. The number of benzene rings is 2. The summed E-state index contributed by atoms with van der Waals surface area (Å²) in [7, 11) is 0. The first-order valence-electron chi connectivity index (χ1n) is 7.68. The van der Waals surface area contributed by atoms with Crippen LogP contribution >= 0.6 is 0 Å². The van der Waals surface area contributed by atoms with Gasteiger partial charge in [0.1, 0.15) is 13.2 Å². The van der Waals surface area contributed by atoms with Crippen LogP contribution in [-0.2, 0) is 0 Å². The Bertz CT molecular complexity index is 727. The second-order valence-corrected chi connectivity index (χ2v) is 5.00. The largest absolute Gasteiger partial charge is 0.487 e. The summed E-state index contributed by atoms with van der Waals surface area (Å²) in [5.74, 6) is 0.927. The lowest BCUT2D eigenvalue weighted by Gasteiger charge is -2.14. The monoisotopic (exact) mass is 345 g/mol. The van der Waals surface area contributed by atoms with Crippen LogP contribution in [0.2, 0.25) is 0 Å². The van der Waals surface area contributed by atoms with Crippen LogP contribution in [0.25, 0.3) is 12.2 Å². The number of hydrogen-bond donors (Lipinski definition) is 2. The van der Waals surface area contributed by atoms with Gasteiger partial charge in [-0.05, 0) is 23.8 Å². The smallest absolute Gasteiger partial charge is 0.269 e. The van der Waals surface area contributed by atoms with Crippen molar-refractivity contribution in [2.24, 2.45) is 0 Å². The molecule has 0 aliphatic rings. The van der Waals surface area contributed by atoms with E-state index in [1.54, 1.807) is 36.4 Å². The van der Waals surface area contributed by atoms with E-state index < -0.39 is 4.92 Å². The van der Waals surface area contributed by atoms with Crippen molar-refractivity contribution >= 4 is 17.8 Å². The fourth-order valence-electron chi connectivity index (χ4n) is 2.13. The van der Waals surface area contributed by atoms with Crippen LogP contribution in [0.4, 0.5) is 5.69 Å². The van der Waals surface area contributed by atoms with Crippen molar-refractivity contribution in [3.8, 4) is 11.5 Å². The summed E-state index contributed by atoms with van der Waals surface area (Å²) >= 11 is 0. The number of ether oxygens (including phenoxy) is 2. The Labute approximate surface area is 144 Å². The third-order valence-corrected chi connectivity index (χ3v) is 3.26. The molecule has 25 heavy (non-hydrogen) atoms. The molecule has 0 amide bonds. The molecule has 2 aromatic carbocycles. The third kappa shape index (κ3) is 5.30. The molecule has 0 heterocycles. The number of para-hydroxylation sites is 1. The number of nitro benzene ring substituents is 1. The van der Waals surface area contributed by atoms with Gasteiger partial charge in [-0.3, -0.25) is 10.1 Å². The van der Waals surface area contributed by atoms with E-state index >= 15 is 0 Å². The molecule has 7 nitrogen and oxygen atoms in total. The lowest BCUT2D eigenvalue weighted by atomic mass is 10.1. The molecular formula is C18H19NO6. The Morgan fingerprint density at radius 2 is 1.64 bits per heavy atom. The summed E-state index contributed by atoms with van der Waals surface area (Å²) in [5.41, 5.74) is 1.55. The minimum atomic E-state index is -0.448. The summed E-state index contributed by atoms with van der Waals surface area (Å²) in [6.45, 7) is -0.0228. The quantitative estimate of drug-likeness (QED) is 0.411. The van der Waals surface area contributed by atoms with Gasteiger partial charge >= 0.3 is 0 Å². The van der Waals surface area contributed by atoms with Gasteiger partial charge in [0.15, 0.2) is 11.5 Å². The normalized spacial score (nSPS) is 10.8. The van der Waals surface area contributed by atoms with E-state index in [1.165, 1.54) is 12.1 Å². The average Bonchev–Trinajstić information content (AvgIpc) is 2.63. The van der Waals surface area contributed by atoms with Crippen molar-refractivity contribution < 1.29 is 24.6 Å². The van der Waals surface area contributed by atoms with E-state index in [2.05, 4.69) is 0 Å². The van der Waals surface area contributed by atoms with Gasteiger partial charge in [0, 0.05) is 17.7 Å². The standard InChI is InChI=1S/C18H19NO6/c20-10-12-24-17-3-1-2-15(18(17)25-13-11-21)7-4-14-5-8-16(9-6-14)19(22)23/h1-9,20-21H,10-13H2/b7-4+. The summed E-state index contributed by atoms with van der Waals surface area (Å²) < 4.78 is 11.0. The molecule has 0 atom stereocenters. The Hall–Kier alpha value is -2.90. The molecule has 0 spiro atoms. The SMILES string of the molecule is O=[N+]([O-])c1ccc(/C=C/c2cccc(OCCO)c2OCCO)cc1. The van der Waals surface area contributed by atoms with Gasteiger partial charge in [0.2, 0.25) is 0 Å². The van der Waals surface area contributed by atoms with Crippen LogP contribution in [0.3, 0.4) is 0 Å². The van der Waals surface area contributed by atoms with Crippen LogP contribution in [0.5, 0.6) is 11.5 Å². The zero-order valence-corrected chi connectivity index (χ0v) is 13.5. The number of aliphatic hydroxyl groups is 2. The molecule has 0 aliphatic carbocycles. The minimum absolute atomic E-state index is 0.0310. The first-order valence-corrected chi connectivity index (χ1v) is 7.68. The number of hydrogen-bond acceptors (Lipinski definition) is 6. The van der Waals surface area contributed by atoms with Gasteiger partial charge in [0.05, 0.1) is 18.1 Å². The highest BCUT2D eigenvalue weighted by Crippen LogP contribution is 2.32. The third-order valence-electron chi connectivity index (χ3n) is 3.26. The van der Waals surface area contributed by atoms with E-state index in [0.29, 0.717) is 11.5 Å². The molecule has 0 unspecified atom stereocenters. The van der Waals surface area contributed by atoms with Crippen molar-refractivity contribution in [3.05, 3.63) is 63.7 Å². The van der Waals surface area contributed by atoms with Crippen molar-refractivity contribution in [1.29, 1.82) is 0 Å². The van der Waals surface area contributed by atoms with Gasteiger partial charge < -0.3 is 19.7 Å². The lowest BCUT2D eigenvalue weighted by Crippen LogP contribution is -2.07. The molecule has 0 radical (unpaired) electrons.